The van der Waals surface area contributed by atoms with Crippen LogP contribution in [0.5, 0.6) is 0 Å². The van der Waals surface area contributed by atoms with Gasteiger partial charge >= 0.3 is 0 Å². The standard InChI is InChI=1S/C22H16N2.C2H6/c1-2-6-17(7-3-1)20-12-21(18-8-4-10-23-15-18)14-22(13-20)19-9-5-11-24-16-19;1-2/h1-16H;1-2H3. The van der Waals surface area contributed by atoms with Crippen LogP contribution in [-0.2, 0) is 0 Å². The van der Waals surface area contributed by atoms with Gasteiger partial charge in [0.1, 0.15) is 0 Å². The highest BCUT2D eigenvalue weighted by molar-refractivity contribution is 5.80. The lowest BCUT2D eigenvalue weighted by Crippen LogP contribution is -1.87. The lowest BCUT2D eigenvalue weighted by molar-refractivity contribution is 1.32. The SMILES string of the molecule is CC.c1ccc(-c2cc(-c3cccnc3)cc(-c3cccnc3)c2)cc1. The number of nitrogens with zero attached hydrogens (tertiary/aromatic N) is 2. The van der Waals surface area contributed by atoms with E-state index >= 15 is 0 Å². The van der Waals surface area contributed by atoms with Gasteiger partial charge in [-0.1, -0.05) is 56.3 Å². The zero-order valence-electron chi connectivity index (χ0n) is 15.1. The average Bonchev–Trinajstić information content (AvgIpc) is 2.77. The van der Waals surface area contributed by atoms with Crippen molar-refractivity contribution < 1.29 is 0 Å². The lowest BCUT2D eigenvalue weighted by atomic mass is 9.94. The summed E-state index contributed by atoms with van der Waals surface area (Å²) < 4.78 is 0. The van der Waals surface area contributed by atoms with Gasteiger partial charge in [0.05, 0.1) is 0 Å². The summed E-state index contributed by atoms with van der Waals surface area (Å²) in [5.74, 6) is 0. The molecule has 0 aliphatic heterocycles. The Bertz CT molecular complexity index is 794. The first-order valence-electron chi connectivity index (χ1n) is 8.91. The van der Waals surface area contributed by atoms with Crippen LogP contribution in [-0.4, -0.2) is 9.97 Å². The molecule has 26 heavy (non-hydrogen) atoms. The van der Waals surface area contributed by atoms with E-state index < -0.39 is 0 Å². The van der Waals surface area contributed by atoms with Crippen molar-refractivity contribution >= 4 is 0 Å². The van der Waals surface area contributed by atoms with Crippen molar-refractivity contribution in [1.82, 2.24) is 9.97 Å². The molecular formula is C24H22N2. The highest BCUT2D eigenvalue weighted by Crippen LogP contribution is 2.32. The zero-order valence-corrected chi connectivity index (χ0v) is 15.1. The molecular weight excluding hydrogens is 316 g/mol. The van der Waals surface area contributed by atoms with E-state index in [-0.39, 0.29) is 0 Å². The Morgan fingerprint density at radius 1 is 0.462 bits per heavy atom. The number of aromatic nitrogens is 2. The summed E-state index contributed by atoms with van der Waals surface area (Å²) in [7, 11) is 0. The first kappa shape index (κ1) is 17.6. The summed E-state index contributed by atoms with van der Waals surface area (Å²) in [6.45, 7) is 4.00. The van der Waals surface area contributed by atoms with E-state index in [1.54, 1.807) is 12.4 Å². The Morgan fingerprint density at radius 2 is 0.885 bits per heavy atom. The second-order valence-corrected chi connectivity index (χ2v) is 5.65. The van der Waals surface area contributed by atoms with E-state index in [2.05, 4.69) is 64.6 Å². The third-order valence-electron chi connectivity index (χ3n) is 4.03. The topological polar surface area (TPSA) is 25.8 Å². The minimum absolute atomic E-state index is 1.11. The van der Waals surface area contributed by atoms with E-state index in [9.17, 15) is 0 Å². The van der Waals surface area contributed by atoms with Gasteiger partial charge in [-0.2, -0.15) is 0 Å². The lowest BCUT2D eigenvalue weighted by Gasteiger charge is -2.10. The second kappa shape index (κ2) is 8.72. The van der Waals surface area contributed by atoms with Crippen LogP contribution >= 0.6 is 0 Å². The van der Waals surface area contributed by atoms with Gasteiger partial charge in [0.25, 0.3) is 0 Å². The van der Waals surface area contributed by atoms with E-state index in [0.29, 0.717) is 0 Å². The maximum absolute atomic E-state index is 4.25. The van der Waals surface area contributed by atoms with Crippen molar-refractivity contribution in [3.8, 4) is 33.4 Å². The Morgan fingerprint density at radius 3 is 1.31 bits per heavy atom. The Labute approximate surface area is 155 Å². The molecule has 0 saturated heterocycles. The maximum atomic E-state index is 4.25. The third-order valence-corrected chi connectivity index (χ3v) is 4.03. The van der Waals surface area contributed by atoms with Gasteiger partial charge < -0.3 is 0 Å². The van der Waals surface area contributed by atoms with E-state index in [4.69, 9.17) is 0 Å². The molecule has 0 atom stereocenters. The fourth-order valence-electron chi connectivity index (χ4n) is 2.83. The van der Waals surface area contributed by atoms with Crippen LogP contribution in [0.15, 0.2) is 97.6 Å². The van der Waals surface area contributed by atoms with Crippen LogP contribution in [0.4, 0.5) is 0 Å². The third kappa shape index (κ3) is 4.04. The molecule has 4 aromatic rings. The molecule has 0 radical (unpaired) electrons. The van der Waals surface area contributed by atoms with Gasteiger partial charge in [-0.05, 0) is 52.6 Å². The van der Waals surface area contributed by atoms with Gasteiger partial charge in [0.2, 0.25) is 0 Å². The van der Waals surface area contributed by atoms with E-state index in [1.165, 1.54) is 11.1 Å². The molecule has 0 fully saturated rings. The number of rotatable bonds is 3. The predicted octanol–water partition coefficient (Wildman–Crippen LogP) is 6.50. The Balaban J connectivity index is 0.000000948. The zero-order chi connectivity index (χ0) is 18.2. The Hall–Kier alpha value is -3.26. The molecule has 0 N–H and O–H groups in total. The average molecular weight is 338 g/mol. The molecule has 2 aromatic heterocycles. The highest BCUT2D eigenvalue weighted by atomic mass is 14.6. The smallest absolute Gasteiger partial charge is 0.0346 e. The van der Waals surface area contributed by atoms with Crippen LogP contribution in [0.1, 0.15) is 13.8 Å². The Kier molecular flexibility index (Phi) is 5.89. The maximum Gasteiger partial charge on any atom is 0.0346 e. The van der Waals surface area contributed by atoms with Crippen LogP contribution in [0.2, 0.25) is 0 Å². The molecule has 2 heterocycles. The molecule has 0 unspecified atom stereocenters. The molecule has 0 saturated carbocycles. The van der Waals surface area contributed by atoms with Crippen LogP contribution in [0.25, 0.3) is 33.4 Å². The highest BCUT2D eigenvalue weighted by Gasteiger charge is 2.07. The minimum Gasteiger partial charge on any atom is -0.264 e. The van der Waals surface area contributed by atoms with E-state index in [1.807, 2.05) is 44.4 Å². The van der Waals surface area contributed by atoms with Crippen LogP contribution < -0.4 is 0 Å². The molecule has 128 valence electrons. The van der Waals surface area contributed by atoms with Crippen molar-refractivity contribution in [3.05, 3.63) is 97.6 Å². The summed E-state index contributed by atoms with van der Waals surface area (Å²) in [4.78, 5) is 8.51. The minimum atomic E-state index is 1.11. The van der Waals surface area contributed by atoms with Gasteiger partial charge in [-0.15, -0.1) is 0 Å². The molecule has 4 rings (SSSR count). The number of pyridine rings is 2. The van der Waals surface area contributed by atoms with Gasteiger partial charge in [0, 0.05) is 35.9 Å². The molecule has 0 aliphatic carbocycles. The van der Waals surface area contributed by atoms with Crippen molar-refractivity contribution in [3.63, 3.8) is 0 Å². The number of hydrogen-bond donors (Lipinski definition) is 0. The van der Waals surface area contributed by atoms with E-state index in [0.717, 1.165) is 22.3 Å². The molecule has 0 bridgehead atoms. The quantitative estimate of drug-likeness (QED) is 0.426. The van der Waals surface area contributed by atoms with Crippen molar-refractivity contribution in [2.24, 2.45) is 0 Å². The largest absolute Gasteiger partial charge is 0.264 e. The molecule has 0 spiro atoms. The fraction of sp³-hybridized carbons (Fsp3) is 0.0833. The summed E-state index contributed by atoms with van der Waals surface area (Å²) >= 11 is 0. The van der Waals surface area contributed by atoms with Crippen molar-refractivity contribution in [2.45, 2.75) is 13.8 Å². The van der Waals surface area contributed by atoms with Crippen LogP contribution in [0.3, 0.4) is 0 Å². The number of benzene rings is 2. The summed E-state index contributed by atoms with van der Waals surface area (Å²) in [6, 6.07) is 25.2. The van der Waals surface area contributed by atoms with Gasteiger partial charge in [0.15, 0.2) is 0 Å². The first-order valence-corrected chi connectivity index (χ1v) is 8.91. The fourth-order valence-corrected chi connectivity index (χ4v) is 2.83. The number of hydrogen-bond acceptors (Lipinski definition) is 2. The summed E-state index contributed by atoms with van der Waals surface area (Å²) in [5, 5.41) is 0. The molecule has 2 aromatic carbocycles. The van der Waals surface area contributed by atoms with Crippen molar-refractivity contribution in [1.29, 1.82) is 0 Å². The molecule has 2 nitrogen and oxygen atoms in total. The molecule has 0 aliphatic rings. The predicted molar refractivity (Wildman–Crippen MR) is 110 cm³/mol. The normalized spacial score (nSPS) is 9.92. The molecule has 0 amide bonds. The van der Waals surface area contributed by atoms with Gasteiger partial charge in [-0.25, -0.2) is 0 Å². The van der Waals surface area contributed by atoms with Crippen molar-refractivity contribution in [2.75, 3.05) is 0 Å². The second-order valence-electron chi connectivity index (χ2n) is 5.65. The molecule has 2 heteroatoms. The first-order chi connectivity index (χ1) is 12.9. The monoisotopic (exact) mass is 338 g/mol. The van der Waals surface area contributed by atoms with Gasteiger partial charge in [-0.3, -0.25) is 9.97 Å². The summed E-state index contributed by atoms with van der Waals surface area (Å²) in [5.41, 5.74) is 6.93. The van der Waals surface area contributed by atoms with Crippen LogP contribution in [0, 0.1) is 0 Å². The summed E-state index contributed by atoms with van der Waals surface area (Å²) in [6.07, 6.45) is 7.40.